The number of nitrogens with one attached hydrogen (secondary N) is 1. The van der Waals surface area contributed by atoms with Crippen LogP contribution in [0.5, 0.6) is 0 Å². The van der Waals surface area contributed by atoms with Crippen LogP contribution in [-0.2, 0) is 10.9 Å². The van der Waals surface area contributed by atoms with Crippen LogP contribution in [0.15, 0.2) is 58.7 Å². The molecule has 35 heavy (non-hydrogen) atoms. The Morgan fingerprint density at radius 1 is 1.17 bits per heavy atom. The molecule has 0 aliphatic rings. The maximum atomic E-state index is 13.4. The molecule has 0 bridgehead atoms. The first-order valence-electron chi connectivity index (χ1n) is 10.1. The van der Waals surface area contributed by atoms with Crippen molar-refractivity contribution in [3.63, 3.8) is 0 Å². The molecule has 0 saturated carbocycles. The minimum atomic E-state index is -4.54. The molecule has 0 aliphatic heterocycles. The first-order valence-corrected chi connectivity index (χ1v) is 11.3. The van der Waals surface area contributed by atoms with Crippen molar-refractivity contribution in [2.45, 2.75) is 13.1 Å². The van der Waals surface area contributed by atoms with E-state index < -0.39 is 29.2 Å². The zero-order valence-electron chi connectivity index (χ0n) is 17.9. The van der Waals surface area contributed by atoms with Gasteiger partial charge in [-0.15, -0.1) is 11.3 Å². The van der Waals surface area contributed by atoms with Crippen molar-refractivity contribution in [3.8, 4) is 5.69 Å². The fourth-order valence-electron chi connectivity index (χ4n) is 3.26. The monoisotopic (exact) mass is 521 g/mol. The summed E-state index contributed by atoms with van der Waals surface area (Å²) in [4.78, 5) is 38.7. The number of aromatic nitrogens is 2. The number of fused-ring (bicyclic) bond motifs is 1. The number of ether oxygens (including phenoxy) is 1. The summed E-state index contributed by atoms with van der Waals surface area (Å²) in [6.45, 7) is 1.69. The van der Waals surface area contributed by atoms with Gasteiger partial charge in [0.2, 0.25) is 0 Å². The van der Waals surface area contributed by atoms with Gasteiger partial charge in [0.25, 0.3) is 11.5 Å². The third kappa shape index (κ3) is 4.91. The van der Waals surface area contributed by atoms with Crippen LogP contribution in [0.25, 0.3) is 16.5 Å². The normalized spacial score (nSPS) is 11.5. The molecular formula is C23H15ClF3N3O4S. The first-order chi connectivity index (χ1) is 16.6. The van der Waals surface area contributed by atoms with E-state index in [1.54, 1.807) is 25.1 Å². The van der Waals surface area contributed by atoms with E-state index in [2.05, 4.69) is 10.4 Å². The molecule has 0 radical (unpaired) electrons. The third-order valence-electron chi connectivity index (χ3n) is 4.88. The molecule has 180 valence electrons. The van der Waals surface area contributed by atoms with Gasteiger partial charge in [0.15, 0.2) is 5.69 Å². The van der Waals surface area contributed by atoms with Gasteiger partial charge in [0.1, 0.15) is 5.00 Å². The highest BCUT2D eigenvalue weighted by molar-refractivity contribution is 7.16. The Morgan fingerprint density at radius 2 is 1.89 bits per heavy atom. The predicted molar refractivity (Wildman–Crippen MR) is 126 cm³/mol. The van der Waals surface area contributed by atoms with E-state index in [1.807, 2.05) is 0 Å². The Balaban J connectivity index is 1.81. The second-order valence-electron chi connectivity index (χ2n) is 7.15. The van der Waals surface area contributed by atoms with Gasteiger partial charge in [0, 0.05) is 21.4 Å². The third-order valence-corrected chi connectivity index (χ3v) is 6.01. The lowest BCUT2D eigenvalue weighted by Crippen LogP contribution is -2.25. The topological polar surface area (TPSA) is 90.3 Å². The number of hydrogen-bond donors (Lipinski definition) is 1. The Morgan fingerprint density at radius 3 is 2.51 bits per heavy atom. The van der Waals surface area contributed by atoms with E-state index in [4.69, 9.17) is 16.3 Å². The molecule has 0 saturated heterocycles. The maximum Gasteiger partial charge on any atom is 0.416 e. The van der Waals surface area contributed by atoms with E-state index in [0.29, 0.717) is 5.02 Å². The summed E-state index contributed by atoms with van der Waals surface area (Å²) in [6.07, 6.45) is -4.54. The Labute approximate surface area is 204 Å². The van der Waals surface area contributed by atoms with Crippen molar-refractivity contribution in [2.24, 2.45) is 0 Å². The second-order valence-corrected chi connectivity index (χ2v) is 8.46. The smallest absolute Gasteiger partial charge is 0.416 e. The van der Waals surface area contributed by atoms with Crippen LogP contribution in [0.4, 0.5) is 18.2 Å². The summed E-state index contributed by atoms with van der Waals surface area (Å²) in [7, 11) is 0. The van der Waals surface area contributed by atoms with E-state index in [9.17, 15) is 27.6 Å². The number of hydrogen-bond acceptors (Lipinski definition) is 6. The Bertz CT molecular complexity index is 1500. The summed E-state index contributed by atoms with van der Waals surface area (Å²) in [5.41, 5.74) is -1.45. The molecular weight excluding hydrogens is 507 g/mol. The minimum absolute atomic E-state index is 0.00621. The molecule has 0 spiro atoms. The predicted octanol–water partition coefficient (Wildman–Crippen LogP) is 5.55. The lowest BCUT2D eigenvalue weighted by Gasteiger charge is -2.10. The van der Waals surface area contributed by atoms with Gasteiger partial charge in [0.05, 0.1) is 23.2 Å². The summed E-state index contributed by atoms with van der Waals surface area (Å²) in [5, 5.41) is 8.78. The summed E-state index contributed by atoms with van der Waals surface area (Å²) < 4.78 is 44.5. The molecule has 0 unspecified atom stereocenters. The molecule has 1 N–H and O–H groups in total. The van der Waals surface area contributed by atoms with E-state index in [-0.39, 0.29) is 39.3 Å². The number of thiophene rings is 1. The fourth-order valence-corrected chi connectivity index (χ4v) is 4.38. The number of carbonyl (C=O) groups is 2. The van der Waals surface area contributed by atoms with Gasteiger partial charge < -0.3 is 10.1 Å². The van der Waals surface area contributed by atoms with Gasteiger partial charge in [-0.2, -0.15) is 23.0 Å². The number of benzene rings is 2. The zero-order chi connectivity index (χ0) is 25.3. The van der Waals surface area contributed by atoms with Crippen molar-refractivity contribution >= 4 is 50.6 Å². The molecule has 0 aliphatic carbocycles. The zero-order valence-corrected chi connectivity index (χ0v) is 19.4. The SMILES string of the molecule is CCOC(=O)c1nn(-c2cccc(Cl)c2)c(=O)c2c(NC(=O)c3ccc(C(F)(F)F)cc3)scc12. The van der Waals surface area contributed by atoms with Crippen molar-refractivity contribution in [1.82, 2.24) is 9.78 Å². The lowest BCUT2D eigenvalue weighted by atomic mass is 10.1. The number of esters is 1. The van der Waals surface area contributed by atoms with Crippen molar-refractivity contribution in [1.29, 1.82) is 0 Å². The van der Waals surface area contributed by atoms with Crippen molar-refractivity contribution < 1.29 is 27.5 Å². The Hall–Kier alpha value is -3.70. The molecule has 0 fully saturated rings. The average Bonchev–Trinajstić information content (AvgIpc) is 3.23. The van der Waals surface area contributed by atoms with Gasteiger partial charge in [-0.3, -0.25) is 9.59 Å². The number of anilines is 1. The number of alkyl halides is 3. The summed E-state index contributed by atoms with van der Waals surface area (Å²) in [6, 6.07) is 9.87. The number of amides is 1. The number of nitrogens with zero attached hydrogens (tertiary/aromatic N) is 2. The minimum Gasteiger partial charge on any atom is -0.461 e. The van der Waals surface area contributed by atoms with Crippen LogP contribution >= 0.6 is 22.9 Å². The number of halogens is 4. The molecule has 7 nitrogen and oxygen atoms in total. The second kappa shape index (κ2) is 9.51. The number of carbonyl (C=O) groups excluding carboxylic acids is 2. The van der Waals surface area contributed by atoms with E-state index in [0.717, 1.165) is 40.3 Å². The number of rotatable bonds is 5. The quantitative estimate of drug-likeness (QED) is 0.348. The molecule has 4 rings (SSSR count). The van der Waals surface area contributed by atoms with Crippen LogP contribution in [-0.4, -0.2) is 28.3 Å². The van der Waals surface area contributed by atoms with Crippen LogP contribution in [0.1, 0.15) is 33.3 Å². The fraction of sp³-hybridized carbons (Fsp3) is 0.130. The van der Waals surface area contributed by atoms with Crippen LogP contribution in [0, 0.1) is 0 Å². The highest BCUT2D eigenvalue weighted by Gasteiger charge is 2.30. The van der Waals surface area contributed by atoms with E-state index >= 15 is 0 Å². The van der Waals surface area contributed by atoms with E-state index in [1.165, 1.54) is 11.4 Å². The molecule has 1 amide bonds. The summed E-state index contributed by atoms with van der Waals surface area (Å²) >= 11 is 7.01. The van der Waals surface area contributed by atoms with Crippen LogP contribution < -0.4 is 10.9 Å². The Kier molecular flexibility index (Phi) is 6.64. The first kappa shape index (κ1) is 24.4. The highest BCUT2D eigenvalue weighted by atomic mass is 35.5. The van der Waals surface area contributed by atoms with Crippen LogP contribution in [0.3, 0.4) is 0 Å². The van der Waals surface area contributed by atoms with Crippen molar-refractivity contribution in [2.75, 3.05) is 11.9 Å². The molecule has 2 heterocycles. The lowest BCUT2D eigenvalue weighted by molar-refractivity contribution is -0.137. The molecule has 4 aromatic rings. The molecule has 12 heteroatoms. The average molecular weight is 522 g/mol. The highest BCUT2D eigenvalue weighted by Crippen LogP contribution is 2.32. The maximum absolute atomic E-state index is 13.4. The standard InChI is InChI=1S/C23H15ClF3N3O4S/c1-2-34-22(33)18-16-11-35-20(28-19(31)12-6-8-13(9-7-12)23(25,26)27)17(16)21(32)30(29-18)15-5-3-4-14(24)10-15/h3-11H,2H2,1H3,(H,28,31). The largest absolute Gasteiger partial charge is 0.461 e. The molecule has 2 aromatic heterocycles. The van der Waals surface area contributed by atoms with Gasteiger partial charge >= 0.3 is 12.1 Å². The van der Waals surface area contributed by atoms with Crippen molar-refractivity contribution in [3.05, 3.63) is 86.1 Å². The summed E-state index contributed by atoms with van der Waals surface area (Å²) in [5.74, 6) is -1.50. The molecule has 0 atom stereocenters. The molecule has 2 aromatic carbocycles. The van der Waals surface area contributed by atoms with Gasteiger partial charge in [-0.25, -0.2) is 4.79 Å². The van der Waals surface area contributed by atoms with Crippen LogP contribution in [0.2, 0.25) is 5.02 Å². The van der Waals surface area contributed by atoms with Gasteiger partial charge in [-0.05, 0) is 49.4 Å². The van der Waals surface area contributed by atoms with Gasteiger partial charge in [-0.1, -0.05) is 17.7 Å².